The first kappa shape index (κ1) is 23.4. The first-order valence-corrected chi connectivity index (χ1v) is 7.94. The second-order valence-electron chi connectivity index (χ2n) is 7.36. The molecule has 25 heavy (non-hydrogen) atoms. The van der Waals surface area contributed by atoms with Crippen LogP contribution in [0, 0.1) is 0 Å². The van der Waals surface area contributed by atoms with Crippen LogP contribution >= 0.6 is 12.4 Å². The molecule has 1 aromatic rings. The van der Waals surface area contributed by atoms with E-state index >= 15 is 0 Å². The zero-order chi connectivity index (χ0) is 18.4. The highest BCUT2D eigenvalue weighted by molar-refractivity contribution is 5.89. The average Bonchev–Trinajstić information content (AvgIpc) is 2.49. The van der Waals surface area contributed by atoms with Gasteiger partial charge in [-0.15, -0.1) is 12.4 Å². The predicted octanol–water partition coefficient (Wildman–Crippen LogP) is 3.34. The van der Waals surface area contributed by atoms with Crippen molar-refractivity contribution in [3.05, 3.63) is 35.4 Å². The minimum absolute atomic E-state index is 0. The van der Waals surface area contributed by atoms with Crippen molar-refractivity contribution in [2.45, 2.75) is 52.1 Å². The fraction of sp³-hybridized carbons (Fsp3) is 0.556. The van der Waals surface area contributed by atoms with Gasteiger partial charge in [-0.1, -0.05) is 26.0 Å². The van der Waals surface area contributed by atoms with Crippen LogP contribution in [-0.4, -0.2) is 35.9 Å². The molecule has 0 spiro atoms. The third kappa shape index (κ3) is 8.34. The summed E-state index contributed by atoms with van der Waals surface area (Å²) in [6.07, 6.45) is 0.757. The number of halogens is 1. The highest BCUT2D eigenvalue weighted by atomic mass is 35.5. The van der Waals surface area contributed by atoms with Crippen molar-refractivity contribution < 1.29 is 24.5 Å². The summed E-state index contributed by atoms with van der Waals surface area (Å²) in [6.45, 7) is 10.4. The molecule has 6 nitrogen and oxygen atoms in total. The molecule has 1 rings (SSSR count). The van der Waals surface area contributed by atoms with Crippen molar-refractivity contribution in [2.75, 3.05) is 13.1 Å². The van der Waals surface area contributed by atoms with Gasteiger partial charge in [0.15, 0.2) is 0 Å². The van der Waals surface area contributed by atoms with E-state index in [4.69, 9.17) is 9.99 Å². The summed E-state index contributed by atoms with van der Waals surface area (Å²) in [7, 11) is 0. The normalized spacial score (nSPS) is 11.4. The van der Waals surface area contributed by atoms with Gasteiger partial charge in [0.1, 0.15) is 5.60 Å². The van der Waals surface area contributed by atoms with Gasteiger partial charge in [-0.2, -0.15) is 5.26 Å². The van der Waals surface area contributed by atoms with Gasteiger partial charge in [0, 0.05) is 0 Å². The molecule has 0 heterocycles. The first-order valence-electron chi connectivity index (χ1n) is 7.94. The molecule has 0 unspecified atom stereocenters. The molecule has 0 atom stereocenters. The SMILES string of the molecule is CC(C)(C)OC(=O)CNCCC(C)(C)c1cccc(C(=O)OO)c1.Cl. The molecule has 1 aromatic carbocycles. The van der Waals surface area contributed by atoms with Crippen molar-refractivity contribution in [1.29, 1.82) is 0 Å². The summed E-state index contributed by atoms with van der Waals surface area (Å²) in [4.78, 5) is 26.8. The van der Waals surface area contributed by atoms with E-state index in [0.717, 1.165) is 12.0 Å². The van der Waals surface area contributed by atoms with Crippen LogP contribution < -0.4 is 5.32 Å². The quantitative estimate of drug-likeness (QED) is 0.330. The summed E-state index contributed by atoms with van der Waals surface area (Å²) in [6, 6.07) is 6.95. The highest BCUT2D eigenvalue weighted by Gasteiger charge is 2.22. The number of hydrogen-bond donors (Lipinski definition) is 2. The Morgan fingerprint density at radius 2 is 1.80 bits per heavy atom. The number of hydrogen-bond acceptors (Lipinski definition) is 6. The lowest BCUT2D eigenvalue weighted by molar-refractivity contribution is -0.182. The number of carbonyl (C=O) groups is 2. The maximum Gasteiger partial charge on any atom is 0.372 e. The van der Waals surface area contributed by atoms with Crippen molar-refractivity contribution in [2.24, 2.45) is 0 Å². The van der Waals surface area contributed by atoms with E-state index in [1.54, 1.807) is 18.2 Å². The Bertz CT molecular complexity index is 581. The maximum atomic E-state index is 11.6. The van der Waals surface area contributed by atoms with E-state index in [1.165, 1.54) is 0 Å². The van der Waals surface area contributed by atoms with Crippen LogP contribution in [0.1, 0.15) is 57.0 Å². The van der Waals surface area contributed by atoms with Crippen LogP contribution in [0.5, 0.6) is 0 Å². The predicted molar refractivity (Wildman–Crippen MR) is 98.1 cm³/mol. The van der Waals surface area contributed by atoms with Crippen molar-refractivity contribution >= 4 is 24.3 Å². The smallest absolute Gasteiger partial charge is 0.372 e. The average molecular weight is 374 g/mol. The number of carbonyl (C=O) groups excluding carboxylic acids is 2. The van der Waals surface area contributed by atoms with Gasteiger partial charge in [-0.3, -0.25) is 9.68 Å². The zero-order valence-corrected chi connectivity index (χ0v) is 16.2. The van der Waals surface area contributed by atoms with E-state index in [1.807, 2.05) is 40.7 Å². The second kappa shape index (κ2) is 9.75. The van der Waals surface area contributed by atoms with E-state index in [-0.39, 0.29) is 30.3 Å². The van der Waals surface area contributed by atoms with E-state index < -0.39 is 11.6 Å². The van der Waals surface area contributed by atoms with Gasteiger partial charge in [0.05, 0.1) is 12.1 Å². The van der Waals surface area contributed by atoms with Crippen LogP contribution in [0.3, 0.4) is 0 Å². The molecule has 0 aliphatic heterocycles. The van der Waals surface area contributed by atoms with Crippen molar-refractivity contribution in [3.63, 3.8) is 0 Å². The number of ether oxygens (including phenoxy) is 1. The number of rotatable bonds is 7. The van der Waals surface area contributed by atoms with Crippen LogP contribution in [0.4, 0.5) is 0 Å². The van der Waals surface area contributed by atoms with Gasteiger partial charge in [-0.05, 0) is 56.8 Å². The molecule has 0 saturated carbocycles. The maximum absolute atomic E-state index is 11.6. The van der Waals surface area contributed by atoms with Crippen LogP contribution in [-0.2, 0) is 19.8 Å². The van der Waals surface area contributed by atoms with Crippen molar-refractivity contribution in [1.82, 2.24) is 5.32 Å². The van der Waals surface area contributed by atoms with Crippen LogP contribution in [0.2, 0.25) is 0 Å². The zero-order valence-electron chi connectivity index (χ0n) is 15.4. The Kier molecular flexibility index (Phi) is 9.11. The minimum atomic E-state index is -0.782. The number of nitrogens with one attached hydrogen (secondary N) is 1. The summed E-state index contributed by atoms with van der Waals surface area (Å²) < 4.78 is 5.23. The second-order valence-corrected chi connectivity index (χ2v) is 7.36. The standard InChI is InChI=1S/C18H27NO5.ClH/c1-17(2,3)23-15(20)12-19-10-9-18(4,5)14-8-6-7-13(11-14)16(21)24-22;/h6-8,11,19,22H,9-10,12H2,1-5H3;1H. The van der Waals surface area contributed by atoms with Gasteiger partial charge in [0.25, 0.3) is 0 Å². The Hall–Kier alpha value is -1.63. The third-order valence-corrected chi connectivity index (χ3v) is 3.58. The van der Waals surface area contributed by atoms with Gasteiger partial charge >= 0.3 is 11.9 Å². The largest absolute Gasteiger partial charge is 0.459 e. The summed E-state index contributed by atoms with van der Waals surface area (Å²) in [5.74, 6) is -1.07. The van der Waals surface area contributed by atoms with Crippen molar-refractivity contribution in [3.8, 4) is 0 Å². The van der Waals surface area contributed by atoms with E-state index in [2.05, 4.69) is 10.2 Å². The number of esters is 1. The lowest BCUT2D eigenvalue weighted by Crippen LogP contribution is -2.33. The third-order valence-electron chi connectivity index (χ3n) is 3.58. The Morgan fingerprint density at radius 3 is 2.36 bits per heavy atom. The monoisotopic (exact) mass is 373 g/mol. The van der Waals surface area contributed by atoms with E-state index in [9.17, 15) is 9.59 Å². The minimum Gasteiger partial charge on any atom is -0.459 e. The summed E-state index contributed by atoms with van der Waals surface area (Å²) >= 11 is 0. The fourth-order valence-corrected chi connectivity index (χ4v) is 2.23. The van der Waals surface area contributed by atoms with Crippen LogP contribution in [0.15, 0.2) is 24.3 Å². The number of benzene rings is 1. The van der Waals surface area contributed by atoms with Gasteiger partial charge < -0.3 is 10.1 Å². The topological polar surface area (TPSA) is 84.9 Å². The molecule has 0 amide bonds. The molecule has 2 N–H and O–H groups in total. The summed E-state index contributed by atoms with van der Waals surface area (Å²) in [5.41, 5.74) is 0.543. The molecular formula is C18H28ClNO5. The van der Waals surface area contributed by atoms with Gasteiger partial charge in [-0.25, -0.2) is 4.79 Å². The highest BCUT2D eigenvalue weighted by Crippen LogP contribution is 2.27. The molecule has 0 aliphatic rings. The molecular weight excluding hydrogens is 346 g/mol. The van der Waals surface area contributed by atoms with E-state index in [0.29, 0.717) is 12.1 Å². The first-order chi connectivity index (χ1) is 11.0. The molecule has 0 radical (unpaired) electrons. The Morgan fingerprint density at radius 1 is 1.16 bits per heavy atom. The summed E-state index contributed by atoms with van der Waals surface area (Å²) in [5, 5.41) is 11.6. The fourth-order valence-electron chi connectivity index (χ4n) is 2.23. The lowest BCUT2D eigenvalue weighted by atomic mass is 9.81. The molecule has 7 heteroatoms. The van der Waals surface area contributed by atoms with Crippen LogP contribution in [0.25, 0.3) is 0 Å². The molecule has 0 fully saturated rings. The molecule has 0 bridgehead atoms. The Balaban J connectivity index is 0.00000576. The lowest BCUT2D eigenvalue weighted by Gasteiger charge is -2.26. The molecule has 0 saturated heterocycles. The van der Waals surface area contributed by atoms with Gasteiger partial charge in [0.2, 0.25) is 0 Å². The molecule has 0 aromatic heterocycles. The molecule has 0 aliphatic carbocycles. The molecule has 142 valence electrons. The Labute approximate surface area is 155 Å².